The van der Waals surface area contributed by atoms with Crippen LogP contribution in [0.3, 0.4) is 0 Å². The van der Waals surface area contributed by atoms with Crippen molar-refractivity contribution in [3.8, 4) is 0 Å². The van der Waals surface area contributed by atoms with Crippen molar-refractivity contribution in [2.24, 2.45) is 12.8 Å². The van der Waals surface area contributed by atoms with Crippen LogP contribution >= 0.6 is 0 Å². The predicted molar refractivity (Wildman–Crippen MR) is 41.8 cm³/mol. The summed E-state index contributed by atoms with van der Waals surface area (Å²) in [5.74, 6) is 0. The highest BCUT2D eigenvalue weighted by Gasteiger charge is 2.23. The molecule has 1 aromatic heterocycles. The van der Waals surface area contributed by atoms with E-state index < -0.39 is 5.60 Å². The summed E-state index contributed by atoms with van der Waals surface area (Å²) in [6.07, 6.45) is 1.78. The molecule has 1 aromatic rings. The van der Waals surface area contributed by atoms with E-state index in [0.717, 1.165) is 0 Å². The van der Waals surface area contributed by atoms with Gasteiger partial charge in [-0.15, -0.1) is 0 Å². The van der Waals surface area contributed by atoms with Gasteiger partial charge in [0.1, 0.15) is 5.60 Å². The minimum absolute atomic E-state index is 0.185. The number of aromatic nitrogens is 2. The van der Waals surface area contributed by atoms with Gasteiger partial charge in [0.25, 0.3) is 0 Å². The molecule has 4 heteroatoms. The molecule has 0 aromatic carbocycles. The normalized spacial score (nSPS) is 16.4. The zero-order valence-electron chi connectivity index (χ0n) is 6.78. The molecule has 1 unspecified atom stereocenters. The molecule has 11 heavy (non-hydrogen) atoms. The van der Waals surface area contributed by atoms with Crippen LogP contribution in [-0.2, 0) is 12.6 Å². The second kappa shape index (κ2) is 2.64. The van der Waals surface area contributed by atoms with Gasteiger partial charge < -0.3 is 10.8 Å². The van der Waals surface area contributed by atoms with Gasteiger partial charge in [0, 0.05) is 19.8 Å². The molecule has 1 atom stereocenters. The van der Waals surface area contributed by atoms with E-state index in [-0.39, 0.29) is 6.54 Å². The molecule has 0 saturated heterocycles. The monoisotopic (exact) mass is 155 g/mol. The first-order valence-electron chi connectivity index (χ1n) is 3.49. The lowest BCUT2D eigenvalue weighted by Gasteiger charge is -2.17. The standard InChI is InChI=1S/C7H13N3O/c1-7(11,5-8)6-3-4-10(2)9-6/h3-4,11H,5,8H2,1-2H3. The highest BCUT2D eigenvalue weighted by atomic mass is 16.3. The summed E-state index contributed by atoms with van der Waals surface area (Å²) < 4.78 is 1.64. The average Bonchev–Trinajstić information content (AvgIpc) is 2.36. The lowest BCUT2D eigenvalue weighted by atomic mass is 10.0. The summed E-state index contributed by atoms with van der Waals surface area (Å²) in [7, 11) is 1.80. The van der Waals surface area contributed by atoms with Crippen molar-refractivity contribution < 1.29 is 5.11 Å². The first kappa shape index (κ1) is 8.23. The van der Waals surface area contributed by atoms with Crippen molar-refractivity contribution >= 4 is 0 Å². The molecule has 0 amide bonds. The molecular weight excluding hydrogens is 142 g/mol. The number of aliphatic hydroxyl groups is 1. The van der Waals surface area contributed by atoms with Crippen molar-refractivity contribution in [2.75, 3.05) is 6.54 Å². The van der Waals surface area contributed by atoms with Crippen molar-refractivity contribution in [1.29, 1.82) is 0 Å². The minimum atomic E-state index is -0.999. The first-order chi connectivity index (χ1) is 5.06. The molecule has 0 aliphatic rings. The van der Waals surface area contributed by atoms with Crippen LogP contribution in [0.4, 0.5) is 0 Å². The van der Waals surface area contributed by atoms with Gasteiger partial charge in [-0.1, -0.05) is 0 Å². The van der Waals surface area contributed by atoms with Gasteiger partial charge in [0.05, 0.1) is 5.69 Å². The summed E-state index contributed by atoms with van der Waals surface area (Å²) in [6.45, 7) is 1.83. The second-order valence-corrected chi connectivity index (χ2v) is 2.85. The Bertz CT molecular complexity index is 242. The Morgan fingerprint density at radius 2 is 2.45 bits per heavy atom. The van der Waals surface area contributed by atoms with E-state index in [1.165, 1.54) is 0 Å². The molecule has 0 aliphatic heterocycles. The molecule has 0 fully saturated rings. The Morgan fingerprint density at radius 1 is 1.82 bits per heavy atom. The smallest absolute Gasteiger partial charge is 0.118 e. The molecular formula is C7H13N3O. The van der Waals surface area contributed by atoms with Gasteiger partial charge in [-0.3, -0.25) is 4.68 Å². The highest BCUT2D eigenvalue weighted by molar-refractivity contribution is 5.09. The van der Waals surface area contributed by atoms with Gasteiger partial charge in [0.2, 0.25) is 0 Å². The van der Waals surface area contributed by atoms with Crippen molar-refractivity contribution in [1.82, 2.24) is 9.78 Å². The summed E-state index contributed by atoms with van der Waals surface area (Å²) >= 11 is 0. The Balaban J connectivity index is 2.92. The van der Waals surface area contributed by atoms with Crippen LogP contribution in [0.25, 0.3) is 0 Å². The molecule has 0 aliphatic carbocycles. The maximum absolute atomic E-state index is 9.61. The van der Waals surface area contributed by atoms with Gasteiger partial charge in [0.15, 0.2) is 0 Å². The van der Waals surface area contributed by atoms with Crippen LogP contribution in [-0.4, -0.2) is 21.4 Å². The third kappa shape index (κ3) is 1.58. The van der Waals surface area contributed by atoms with Gasteiger partial charge in [-0.25, -0.2) is 0 Å². The van der Waals surface area contributed by atoms with Crippen LogP contribution in [0.15, 0.2) is 12.3 Å². The quantitative estimate of drug-likeness (QED) is 0.610. The summed E-state index contributed by atoms with van der Waals surface area (Å²) in [5, 5.41) is 13.6. The molecule has 62 valence electrons. The van der Waals surface area contributed by atoms with Crippen molar-refractivity contribution in [3.05, 3.63) is 18.0 Å². The largest absolute Gasteiger partial charge is 0.382 e. The van der Waals surface area contributed by atoms with E-state index in [1.54, 1.807) is 30.9 Å². The lowest BCUT2D eigenvalue weighted by molar-refractivity contribution is 0.0616. The fourth-order valence-corrected chi connectivity index (χ4v) is 0.807. The molecule has 3 N–H and O–H groups in total. The maximum Gasteiger partial charge on any atom is 0.118 e. The number of hydrogen-bond acceptors (Lipinski definition) is 3. The molecule has 1 heterocycles. The molecule has 1 rings (SSSR count). The molecule has 0 spiro atoms. The molecule has 0 bridgehead atoms. The van der Waals surface area contributed by atoms with E-state index in [1.807, 2.05) is 0 Å². The highest BCUT2D eigenvalue weighted by Crippen LogP contribution is 2.15. The lowest BCUT2D eigenvalue weighted by Crippen LogP contribution is -2.31. The number of rotatable bonds is 2. The summed E-state index contributed by atoms with van der Waals surface area (Å²) in [5.41, 5.74) is 4.96. The number of nitrogens with two attached hydrogens (primary N) is 1. The van der Waals surface area contributed by atoms with Crippen LogP contribution in [0.5, 0.6) is 0 Å². The topological polar surface area (TPSA) is 64.1 Å². The van der Waals surface area contributed by atoms with Gasteiger partial charge in [-0.05, 0) is 13.0 Å². The first-order valence-corrected chi connectivity index (χ1v) is 3.49. The Morgan fingerprint density at radius 3 is 2.82 bits per heavy atom. The maximum atomic E-state index is 9.61. The third-order valence-corrected chi connectivity index (χ3v) is 1.66. The average molecular weight is 155 g/mol. The summed E-state index contributed by atoms with van der Waals surface area (Å²) in [6, 6.07) is 1.76. The Hall–Kier alpha value is -0.870. The number of nitrogens with zero attached hydrogens (tertiary/aromatic N) is 2. The Labute approximate surface area is 65.6 Å². The summed E-state index contributed by atoms with van der Waals surface area (Å²) in [4.78, 5) is 0. The van der Waals surface area contributed by atoms with E-state index in [2.05, 4.69) is 5.10 Å². The SMILES string of the molecule is Cn1ccc(C(C)(O)CN)n1. The van der Waals surface area contributed by atoms with Crippen molar-refractivity contribution in [2.45, 2.75) is 12.5 Å². The van der Waals surface area contributed by atoms with Crippen LogP contribution < -0.4 is 5.73 Å². The van der Waals surface area contributed by atoms with Gasteiger partial charge >= 0.3 is 0 Å². The zero-order chi connectivity index (χ0) is 8.48. The third-order valence-electron chi connectivity index (χ3n) is 1.66. The van der Waals surface area contributed by atoms with Crippen molar-refractivity contribution in [3.63, 3.8) is 0 Å². The second-order valence-electron chi connectivity index (χ2n) is 2.85. The van der Waals surface area contributed by atoms with E-state index in [0.29, 0.717) is 5.69 Å². The van der Waals surface area contributed by atoms with E-state index >= 15 is 0 Å². The molecule has 4 nitrogen and oxygen atoms in total. The number of hydrogen-bond donors (Lipinski definition) is 2. The molecule has 0 saturated carbocycles. The van der Waals surface area contributed by atoms with Gasteiger partial charge in [-0.2, -0.15) is 5.10 Å². The fourth-order valence-electron chi connectivity index (χ4n) is 0.807. The van der Waals surface area contributed by atoms with Crippen LogP contribution in [0, 0.1) is 0 Å². The van der Waals surface area contributed by atoms with Crippen LogP contribution in [0.2, 0.25) is 0 Å². The number of aryl methyl sites for hydroxylation is 1. The molecule has 0 radical (unpaired) electrons. The zero-order valence-corrected chi connectivity index (χ0v) is 6.78. The Kier molecular flexibility index (Phi) is 1.97. The van der Waals surface area contributed by atoms with E-state index in [9.17, 15) is 5.11 Å². The van der Waals surface area contributed by atoms with Crippen LogP contribution in [0.1, 0.15) is 12.6 Å². The fraction of sp³-hybridized carbons (Fsp3) is 0.571. The minimum Gasteiger partial charge on any atom is -0.382 e. The predicted octanol–water partition coefficient (Wildman–Crippen LogP) is -0.414. The van der Waals surface area contributed by atoms with E-state index in [4.69, 9.17) is 5.73 Å².